The van der Waals surface area contributed by atoms with Crippen LogP contribution >= 0.6 is 35.0 Å². The molecule has 1 N–H and O–H groups in total. The van der Waals surface area contributed by atoms with Gasteiger partial charge in [-0.15, -0.1) is 11.6 Å². The van der Waals surface area contributed by atoms with E-state index in [-0.39, 0.29) is 22.2 Å². The lowest BCUT2D eigenvalue weighted by molar-refractivity contribution is -0.158. The number of aliphatic hydroxyl groups excluding tert-OH is 1. The van der Waals surface area contributed by atoms with Crippen molar-refractivity contribution in [3.8, 4) is 0 Å². The van der Waals surface area contributed by atoms with Crippen molar-refractivity contribution in [1.82, 2.24) is 0 Å². The Labute approximate surface area is 174 Å². The standard InChI is InChI=1S/C21H24Cl2O3S/c1-6-11-9-12(14-10-15(22)27-19(14)23)7-8-13(11)16-17(24)20(2,3)26-21(4,5)18(16)25/h7-10,14,19,24H,6H2,1-5H3. The molecule has 0 bridgehead atoms. The van der Waals surface area contributed by atoms with Crippen LogP contribution in [0.4, 0.5) is 0 Å². The highest BCUT2D eigenvalue weighted by Gasteiger charge is 2.47. The van der Waals surface area contributed by atoms with E-state index in [1.54, 1.807) is 27.7 Å². The Hall–Kier alpha value is -0.940. The van der Waals surface area contributed by atoms with Crippen LogP contribution in [0.2, 0.25) is 0 Å². The van der Waals surface area contributed by atoms with Gasteiger partial charge in [-0.2, -0.15) is 0 Å². The predicted molar refractivity (Wildman–Crippen MR) is 114 cm³/mol. The molecule has 0 aliphatic carbocycles. The number of allylic oxidation sites excluding steroid dienone is 1. The molecule has 3 rings (SSSR count). The maximum absolute atomic E-state index is 13.1. The second-order valence-corrected chi connectivity index (χ2v) is 10.5. The average Bonchev–Trinajstić information content (AvgIpc) is 2.91. The number of alkyl halides is 1. The summed E-state index contributed by atoms with van der Waals surface area (Å²) in [5, 5.41) is 10.8. The molecular weight excluding hydrogens is 403 g/mol. The SMILES string of the molecule is CCc1cc(C2C=C(Cl)SC2Cl)ccc1C1=C(O)C(C)(C)OC(C)(C)C1=O. The van der Waals surface area contributed by atoms with Gasteiger partial charge in [-0.25, -0.2) is 0 Å². The lowest BCUT2D eigenvalue weighted by atomic mass is 9.80. The van der Waals surface area contributed by atoms with E-state index in [2.05, 4.69) is 6.07 Å². The van der Waals surface area contributed by atoms with Crippen LogP contribution < -0.4 is 0 Å². The Kier molecular flexibility index (Phi) is 5.50. The van der Waals surface area contributed by atoms with Gasteiger partial charge in [0.15, 0.2) is 5.78 Å². The van der Waals surface area contributed by atoms with Crippen LogP contribution in [0.15, 0.2) is 34.4 Å². The van der Waals surface area contributed by atoms with E-state index in [1.165, 1.54) is 11.8 Å². The largest absolute Gasteiger partial charge is 0.508 e. The minimum absolute atomic E-state index is 0.0179. The van der Waals surface area contributed by atoms with Crippen LogP contribution in [-0.2, 0) is 16.0 Å². The van der Waals surface area contributed by atoms with E-state index in [4.69, 9.17) is 27.9 Å². The number of aryl methyl sites for hydroxylation is 1. The minimum Gasteiger partial charge on any atom is -0.508 e. The Morgan fingerprint density at radius 1 is 1.22 bits per heavy atom. The normalized spacial score (nSPS) is 27.1. The van der Waals surface area contributed by atoms with Crippen LogP contribution in [0.5, 0.6) is 0 Å². The lowest BCUT2D eigenvalue weighted by Crippen LogP contribution is -2.49. The molecule has 0 radical (unpaired) electrons. The summed E-state index contributed by atoms with van der Waals surface area (Å²) in [5.74, 6) is -0.218. The number of thioether (sulfide) groups is 1. The molecule has 0 fully saturated rings. The number of carbonyl (C=O) groups excluding carboxylic acids is 1. The molecule has 2 aliphatic heterocycles. The monoisotopic (exact) mass is 426 g/mol. The topological polar surface area (TPSA) is 46.5 Å². The molecule has 0 amide bonds. The lowest BCUT2D eigenvalue weighted by Gasteiger charge is -2.40. The highest BCUT2D eigenvalue weighted by Crippen LogP contribution is 2.47. The number of carbonyl (C=O) groups is 1. The first-order chi connectivity index (χ1) is 12.5. The van der Waals surface area contributed by atoms with Gasteiger partial charge in [0.25, 0.3) is 0 Å². The van der Waals surface area contributed by atoms with Gasteiger partial charge in [-0.3, -0.25) is 4.79 Å². The van der Waals surface area contributed by atoms with Crippen LogP contribution in [-0.4, -0.2) is 26.8 Å². The van der Waals surface area contributed by atoms with Gasteiger partial charge in [0.05, 0.1) is 14.6 Å². The van der Waals surface area contributed by atoms with Gasteiger partial charge >= 0.3 is 0 Å². The molecule has 2 unspecified atom stereocenters. The summed E-state index contributed by atoms with van der Waals surface area (Å²) in [6, 6.07) is 5.93. The van der Waals surface area contributed by atoms with E-state index < -0.39 is 11.2 Å². The van der Waals surface area contributed by atoms with Gasteiger partial charge < -0.3 is 9.84 Å². The maximum atomic E-state index is 13.1. The van der Waals surface area contributed by atoms with Crippen molar-refractivity contribution in [2.24, 2.45) is 0 Å². The van der Waals surface area contributed by atoms with E-state index in [0.717, 1.165) is 23.1 Å². The summed E-state index contributed by atoms with van der Waals surface area (Å²) < 4.78 is 6.39. The molecule has 2 heterocycles. The maximum Gasteiger partial charge on any atom is 0.198 e. The summed E-state index contributed by atoms with van der Waals surface area (Å²) in [5.41, 5.74) is 1.19. The number of hydrogen-bond acceptors (Lipinski definition) is 4. The fourth-order valence-electron chi connectivity index (χ4n) is 3.73. The smallest absolute Gasteiger partial charge is 0.198 e. The molecule has 6 heteroatoms. The highest BCUT2D eigenvalue weighted by atomic mass is 35.5. The van der Waals surface area contributed by atoms with Gasteiger partial charge in [0, 0.05) is 5.92 Å². The first kappa shape index (κ1) is 20.8. The summed E-state index contributed by atoms with van der Waals surface area (Å²) >= 11 is 14.0. The molecule has 27 heavy (non-hydrogen) atoms. The van der Waals surface area contributed by atoms with Crippen molar-refractivity contribution in [3.05, 3.63) is 51.1 Å². The van der Waals surface area contributed by atoms with Crippen LogP contribution in [0.1, 0.15) is 57.2 Å². The highest BCUT2D eigenvalue weighted by molar-refractivity contribution is 8.06. The summed E-state index contributed by atoms with van der Waals surface area (Å²) in [6.07, 6.45) is 2.68. The van der Waals surface area contributed by atoms with Crippen molar-refractivity contribution in [2.75, 3.05) is 0 Å². The van der Waals surface area contributed by atoms with E-state index in [9.17, 15) is 9.90 Å². The number of ether oxygens (including phenoxy) is 1. The number of Topliss-reactive ketones (excluding diaryl/α,β-unsaturated/α-hetero) is 1. The van der Waals surface area contributed by atoms with E-state index in [0.29, 0.717) is 9.94 Å². The van der Waals surface area contributed by atoms with Crippen LogP contribution in [0.3, 0.4) is 0 Å². The fraction of sp³-hybridized carbons (Fsp3) is 0.476. The number of ketones is 1. The van der Waals surface area contributed by atoms with Gasteiger partial charge in [-0.05, 0) is 56.9 Å². The average molecular weight is 427 g/mol. The number of aliphatic hydroxyl groups is 1. The molecule has 0 aromatic heterocycles. The molecule has 0 saturated carbocycles. The zero-order valence-electron chi connectivity index (χ0n) is 16.1. The first-order valence-corrected chi connectivity index (χ1v) is 10.7. The Balaban J connectivity index is 2.13. The third-order valence-electron chi connectivity index (χ3n) is 5.07. The van der Waals surface area contributed by atoms with Crippen molar-refractivity contribution in [1.29, 1.82) is 0 Å². The molecule has 0 saturated heterocycles. The zero-order valence-corrected chi connectivity index (χ0v) is 18.4. The van der Waals surface area contributed by atoms with Crippen LogP contribution in [0, 0.1) is 0 Å². The summed E-state index contributed by atoms with van der Waals surface area (Å²) in [7, 11) is 0. The third kappa shape index (κ3) is 3.69. The summed E-state index contributed by atoms with van der Waals surface area (Å²) in [6.45, 7) is 9.06. The van der Waals surface area contributed by atoms with Crippen molar-refractivity contribution in [3.63, 3.8) is 0 Å². The number of benzene rings is 1. The third-order valence-corrected chi connectivity index (χ3v) is 6.89. The molecule has 146 valence electrons. The zero-order chi connectivity index (χ0) is 20.1. The number of hydrogen-bond donors (Lipinski definition) is 1. The first-order valence-electron chi connectivity index (χ1n) is 8.98. The van der Waals surface area contributed by atoms with E-state index >= 15 is 0 Å². The molecular formula is C21H24Cl2O3S. The number of halogens is 2. The second kappa shape index (κ2) is 7.14. The molecule has 2 aliphatic rings. The Morgan fingerprint density at radius 2 is 1.89 bits per heavy atom. The van der Waals surface area contributed by atoms with Gasteiger partial charge in [-0.1, -0.05) is 48.5 Å². The fourth-order valence-corrected chi connectivity index (χ4v) is 5.62. The molecule has 3 nitrogen and oxygen atoms in total. The quantitative estimate of drug-likeness (QED) is 0.588. The van der Waals surface area contributed by atoms with Crippen molar-refractivity contribution < 1.29 is 14.6 Å². The van der Waals surface area contributed by atoms with Crippen LogP contribution in [0.25, 0.3) is 5.57 Å². The second-order valence-electron chi connectivity index (χ2n) is 7.91. The van der Waals surface area contributed by atoms with Crippen molar-refractivity contribution >= 4 is 46.3 Å². The van der Waals surface area contributed by atoms with Gasteiger partial charge in [0.2, 0.25) is 0 Å². The van der Waals surface area contributed by atoms with Gasteiger partial charge in [0.1, 0.15) is 17.0 Å². The Morgan fingerprint density at radius 3 is 2.44 bits per heavy atom. The minimum atomic E-state index is -1.01. The van der Waals surface area contributed by atoms with E-state index in [1.807, 2.05) is 25.1 Å². The van der Waals surface area contributed by atoms with Crippen molar-refractivity contribution in [2.45, 2.75) is 62.9 Å². The molecule has 1 aromatic carbocycles. The summed E-state index contributed by atoms with van der Waals surface area (Å²) in [4.78, 5) is 13.1. The number of rotatable bonds is 3. The molecule has 0 spiro atoms. The molecule has 1 aromatic rings. The molecule has 2 atom stereocenters. The Bertz CT molecular complexity index is 855. The predicted octanol–water partition coefficient (Wildman–Crippen LogP) is 6.15.